The molecule has 2 saturated heterocycles. The number of carbonyl (C=O) groups excluding carboxylic acids is 1. The monoisotopic (exact) mass is 1210 g/mol. The lowest BCUT2D eigenvalue weighted by Crippen LogP contribution is -2.65. The van der Waals surface area contributed by atoms with Crippen LogP contribution in [0.15, 0.2) is 48.6 Å². The third-order valence-electron chi connectivity index (χ3n) is 17.3. The highest BCUT2D eigenvalue weighted by molar-refractivity contribution is 5.76. The fourth-order valence-corrected chi connectivity index (χ4v) is 11.6. The number of unbranched alkanes of at least 4 members (excludes halogenated alkanes) is 39. The van der Waals surface area contributed by atoms with Crippen molar-refractivity contribution in [2.45, 2.75) is 376 Å². The van der Waals surface area contributed by atoms with Crippen LogP contribution in [0.25, 0.3) is 0 Å². The molecule has 0 aromatic rings. The van der Waals surface area contributed by atoms with E-state index in [2.05, 4.69) is 55.6 Å². The van der Waals surface area contributed by atoms with E-state index in [4.69, 9.17) is 18.9 Å². The first-order valence-electron chi connectivity index (χ1n) is 35.4. The molecular weight excluding hydrogens is 1070 g/mol. The Morgan fingerprint density at radius 3 is 1.19 bits per heavy atom. The van der Waals surface area contributed by atoms with Crippen molar-refractivity contribution in [1.82, 2.24) is 5.32 Å². The van der Waals surface area contributed by atoms with Gasteiger partial charge in [0, 0.05) is 6.42 Å². The maximum absolute atomic E-state index is 13.3. The second kappa shape index (κ2) is 56.0. The highest BCUT2D eigenvalue weighted by Crippen LogP contribution is 2.30. The van der Waals surface area contributed by atoms with Crippen LogP contribution in [-0.4, -0.2) is 140 Å². The van der Waals surface area contributed by atoms with Gasteiger partial charge in [0.1, 0.15) is 48.8 Å². The molecule has 12 atom stereocenters. The second-order valence-corrected chi connectivity index (χ2v) is 25.0. The van der Waals surface area contributed by atoms with Gasteiger partial charge in [-0.3, -0.25) is 4.79 Å². The summed E-state index contributed by atoms with van der Waals surface area (Å²) in [4.78, 5) is 13.3. The van der Waals surface area contributed by atoms with Crippen molar-refractivity contribution in [3.8, 4) is 0 Å². The molecule has 0 aromatic heterocycles. The minimum Gasteiger partial charge on any atom is -0.394 e. The van der Waals surface area contributed by atoms with Crippen LogP contribution in [0.3, 0.4) is 0 Å². The lowest BCUT2D eigenvalue weighted by atomic mass is 9.97. The van der Waals surface area contributed by atoms with Crippen LogP contribution in [0.1, 0.15) is 303 Å². The maximum atomic E-state index is 13.3. The van der Waals surface area contributed by atoms with Crippen molar-refractivity contribution < 1.29 is 64.6 Å². The summed E-state index contributed by atoms with van der Waals surface area (Å²) in [6.07, 6.45) is 56.5. The minimum absolute atomic E-state index is 0.237. The van der Waals surface area contributed by atoms with E-state index in [0.717, 1.165) is 51.4 Å². The molecule has 12 unspecified atom stereocenters. The summed E-state index contributed by atoms with van der Waals surface area (Å²) in [5, 5.41) is 87.0. The van der Waals surface area contributed by atoms with E-state index in [1.807, 2.05) is 6.08 Å². The molecule has 85 heavy (non-hydrogen) atoms. The van der Waals surface area contributed by atoms with Crippen LogP contribution in [-0.2, 0) is 23.7 Å². The Kier molecular flexibility index (Phi) is 52.1. The first-order valence-corrected chi connectivity index (χ1v) is 35.4. The number of hydrogen-bond donors (Lipinski definition) is 9. The van der Waals surface area contributed by atoms with Crippen molar-refractivity contribution in [2.24, 2.45) is 0 Å². The molecule has 0 aliphatic carbocycles. The third kappa shape index (κ3) is 40.3. The molecule has 14 heteroatoms. The molecule has 2 heterocycles. The van der Waals surface area contributed by atoms with E-state index < -0.39 is 86.8 Å². The highest BCUT2D eigenvalue weighted by atomic mass is 16.7. The van der Waals surface area contributed by atoms with Crippen LogP contribution in [0.5, 0.6) is 0 Å². The Balaban J connectivity index is 1.50. The predicted octanol–water partition coefficient (Wildman–Crippen LogP) is 14.3. The van der Waals surface area contributed by atoms with Gasteiger partial charge in [-0.25, -0.2) is 0 Å². The van der Waals surface area contributed by atoms with E-state index in [-0.39, 0.29) is 18.9 Å². The average molecular weight is 1210 g/mol. The molecule has 9 N–H and O–H groups in total. The van der Waals surface area contributed by atoms with Crippen LogP contribution < -0.4 is 5.32 Å². The summed E-state index contributed by atoms with van der Waals surface area (Å²) in [6, 6.07) is -0.911. The fourth-order valence-electron chi connectivity index (χ4n) is 11.6. The number of aliphatic hydroxyl groups is 8. The summed E-state index contributed by atoms with van der Waals surface area (Å²) in [5.41, 5.74) is 0. The van der Waals surface area contributed by atoms with Gasteiger partial charge in [0.15, 0.2) is 12.6 Å². The zero-order valence-corrected chi connectivity index (χ0v) is 54.1. The van der Waals surface area contributed by atoms with Gasteiger partial charge >= 0.3 is 0 Å². The normalized spacial score (nSPS) is 23.8. The Morgan fingerprint density at radius 1 is 0.424 bits per heavy atom. The molecular formula is C71H131NO13. The zero-order valence-electron chi connectivity index (χ0n) is 54.1. The molecule has 0 saturated carbocycles. The zero-order chi connectivity index (χ0) is 61.6. The summed E-state index contributed by atoms with van der Waals surface area (Å²) in [7, 11) is 0. The van der Waals surface area contributed by atoms with Gasteiger partial charge < -0.3 is 65.1 Å². The molecule has 498 valence electrons. The number of ether oxygens (including phenoxy) is 4. The summed E-state index contributed by atoms with van der Waals surface area (Å²) in [6.45, 7) is 2.78. The topological polar surface area (TPSA) is 228 Å². The number of hydrogen-bond acceptors (Lipinski definition) is 13. The minimum atomic E-state index is -1.79. The number of carbonyl (C=O) groups is 1. The van der Waals surface area contributed by atoms with Gasteiger partial charge in [0.2, 0.25) is 5.91 Å². The molecule has 1 amide bonds. The lowest BCUT2D eigenvalue weighted by Gasteiger charge is -2.46. The Morgan fingerprint density at radius 2 is 0.776 bits per heavy atom. The standard InChI is InChI=1S/C71H131NO13/c1-3-5-7-9-11-13-15-16-17-18-19-20-21-22-23-24-25-26-27-28-29-30-31-32-33-34-35-36-37-38-39-40-41-42-43-44-45-47-49-51-53-55-63(76)72-59(60(75)54-52-50-48-46-14-12-10-8-6-4-2)58-82-70-68(81)66(79)69(62(57-74)84-70)85-71-67(80)65(78)64(77)61(56-73)83-71/h15-16,18-19,21-22,52,54,59-62,64-71,73-75,77-81H,3-14,17,20,23-51,53,55-58H2,1-2H3,(H,72,76)/b16-15-,19-18-,22-21-,54-52+. The van der Waals surface area contributed by atoms with Crippen LogP contribution >= 0.6 is 0 Å². The lowest BCUT2D eigenvalue weighted by molar-refractivity contribution is -0.359. The molecule has 2 aliphatic rings. The molecule has 0 radical (unpaired) electrons. The molecule has 2 rings (SSSR count). The van der Waals surface area contributed by atoms with Crippen molar-refractivity contribution >= 4 is 5.91 Å². The van der Waals surface area contributed by atoms with Crippen molar-refractivity contribution in [3.05, 3.63) is 48.6 Å². The highest BCUT2D eigenvalue weighted by Gasteiger charge is 2.51. The van der Waals surface area contributed by atoms with E-state index in [1.54, 1.807) is 6.08 Å². The Hall–Kier alpha value is -2.05. The molecule has 14 nitrogen and oxygen atoms in total. The van der Waals surface area contributed by atoms with E-state index >= 15 is 0 Å². The SMILES string of the molecule is CCCCCCC/C=C\C/C=C\C/C=C\CCCCCCCCCCCCCCCCCCCCCCCCCCCCC(=O)NC(COC1OC(CO)C(OC2OC(CO)C(O)C(O)C2O)C(O)C1O)C(O)/C=C/CCCCCCCCCC. The summed E-state index contributed by atoms with van der Waals surface area (Å²) < 4.78 is 22.8. The average Bonchev–Trinajstić information content (AvgIpc) is 2.93. The van der Waals surface area contributed by atoms with Crippen molar-refractivity contribution in [1.29, 1.82) is 0 Å². The van der Waals surface area contributed by atoms with E-state index in [1.165, 1.54) is 225 Å². The van der Waals surface area contributed by atoms with Gasteiger partial charge in [0.25, 0.3) is 0 Å². The number of aliphatic hydroxyl groups excluding tert-OH is 8. The molecule has 0 spiro atoms. The summed E-state index contributed by atoms with van der Waals surface area (Å²) >= 11 is 0. The molecule has 0 bridgehead atoms. The molecule has 0 aromatic carbocycles. The smallest absolute Gasteiger partial charge is 0.220 e. The Labute approximate surface area is 518 Å². The van der Waals surface area contributed by atoms with Gasteiger partial charge in [-0.05, 0) is 57.8 Å². The van der Waals surface area contributed by atoms with Crippen LogP contribution in [0.2, 0.25) is 0 Å². The predicted molar refractivity (Wildman–Crippen MR) is 346 cm³/mol. The van der Waals surface area contributed by atoms with E-state index in [0.29, 0.717) is 6.42 Å². The first kappa shape index (κ1) is 79.0. The number of amides is 1. The first-order chi connectivity index (χ1) is 41.6. The van der Waals surface area contributed by atoms with Gasteiger partial charge in [0.05, 0.1) is 32.0 Å². The summed E-state index contributed by atoms with van der Waals surface area (Å²) in [5.74, 6) is -0.237. The number of allylic oxidation sites excluding steroid dienone is 7. The fraction of sp³-hybridized carbons (Fsp3) is 0.873. The van der Waals surface area contributed by atoms with Gasteiger partial charge in [-0.15, -0.1) is 0 Å². The quantitative estimate of drug-likeness (QED) is 0.0204. The Bertz CT molecular complexity index is 1610. The van der Waals surface area contributed by atoms with Gasteiger partial charge in [-0.2, -0.15) is 0 Å². The van der Waals surface area contributed by atoms with E-state index in [9.17, 15) is 45.6 Å². The second-order valence-electron chi connectivity index (χ2n) is 25.0. The number of nitrogens with one attached hydrogen (secondary N) is 1. The number of rotatable bonds is 58. The van der Waals surface area contributed by atoms with Crippen molar-refractivity contribution in [2.75, 3.05) is 19.8 Å². The molecule has 2 fully saturated rings. The largest absolute Gasteiger partial charge is 0.394 e. The molecule has 2 aliphatic heterocycles. The van der Waals surface area contributed by atoms with Gasteiger partial charge in [-0.1, -0.05) is 287 Å². The maximum Gasteiger partial charge on any atom is 0.220 e. The third-order valence-corrected chi connectivity index (χ3v) is 17.3. The van der Waals surface area contributed by atoms with Crippen molar-refractivity contribution in [3.63, 3.8) is 0 Å². The van der Waals surface area contributed by atoms with Crippen LogP contribution in [0, 0.1) is 0 Å². The van der Waals surface area contributed by atoms with Crippen LogP contribution in [0.4, 0.5) is 0 Å².